The molecule has 3 rings (SSSR count). The summed E-state index contributed by atoms with van der Waals surface area (Å²) in [7, 11) is -3.38. The van der Waals surface area contributed by atoms with Crippen LogP contribution < -0.4 is 5.32 Å². The molecule has 2 fully saturated rings. The quantitative estimate of drug-likeness (QED) is 0.823. The molecule has 1 N–H and O–H groups in total. The van der Waals surface area contributed by atoms with Crippen LogP contribution in [0.4, 0.5) is 0 Å². The SMILES string of the molecule is Cc1ccc(S(=O)(=O)CCC(=O)NCCC2CC3CCC2C3)cc1. The number of nitrogens with one attached hydrogen (secondary N) is 1. The third-order valence-corrected chi connectivity index (χ3v) is 7.43. The summed E-state index contributed by atoms with van der Waals surface area (Å²) < 4.78 is 24.5. The Bertz CT molecular complexity index is 681. The Balaban J connectivity index is 1.39. The number of carbonyl (C=O) groups is 1. The Hall–Kier alpha value is -1.36. The second-order valence-electron chi connectivity index (χ2n) is 7.46. The molecule has 132 valence electrons. The molecule has 0 spiro atoms. The van der Waals surface area contributed by atoms with Crippen molar-refractivity contribution in [2.75, 3.05) is 12.3 Å². The van der Waals surface area contributed by atoms with Crippen molar-refractivity contribution < 1.29 is 13.2 Å². The molecule has 2 saturated carbocycles. The molecule has 3 atom stereocenters. The molecular weight excluding hydrogens is 322 g/mol. The van der Waals surface area contributed by atoms with Crippen LogP contribution >= 0.6 is 0 Å². The van der Waals surface area contributed by atoms with Gasteiger partial charge in [0.15, 0.2) is 9.84 Å². The van der Waals surface area contributed by atoms with Crippen LogP contribution in [0, 0.1) is 24.7 Å². The zero-order valence-corrected chi connectivity index (χ0v) is 15.1. The summed E-state index contributed by atoms with van der Waals surface area (Å²) >= 11 is 0. The van der Waals surface area contributed by atoms with E-state index >= 15 is 0 Å². The standard InChI is InChI=1S/C19H27NO3S/c1-14-2-6-18(7-3-14)24(22,23)11-9-19(21)20-10-8-17-13-15-4-5-16(17)12-15/h2-3,6-7,15-17H,4-5,8-13H2,1H3,(H,20,21). The number of hydrogen-bond acceptors (Lipinski definition) is 3. The summed E-state index contributed by atoms with van der Waals surface area (Å²) in [5, 5.41) is 2.90. The lowest BCUT2D eigenvalue weighted by Gasteiger charge is -2.21. The molecule has 3 unspecified atom stereocenters. The number of sulfone groups is 1. The average molecular weight is 349 g/mol. The molecule has 4 nitrogen and oxygen atoms in total. The maximum absolute atomic E-state index is 12.2. The predicted molar refractivity (Wildman–Crippen MR) is 94.4 cm³/mol. The van der Waals surface area contributed by atoms with Crippen LogP contribution in [0.5, 0.6) is 0 Å². The van der Waals surface area contributed by atoms with E-state index in [0.29, 0.717) is 11.4 Å². The number of fused-ring (bicyclic) bond motifs is 2. The van der Waals surface area contributed by atoms with E-state index in [2.05, 4.69) is 5.32 Å². The van der Waals surface area contributed by atoms with Gasteiger partial charge in [-0.15, -0.1) is 0 Å². The highest BCUT2D eigenvalue weighted by Gasteiger charge is 2.38. The molecule has 0 heterocycles. The third kappa shape index (κ3) is 4.18. The fraction of sp³-hybridized carbons (Fsp3) is 0.632. The maximum Gasteiger partial charge on any atom is 0.221 e. The molecule has 2 aliphatic carbocycles. The molecule has 0 radical (unpaired) electrons. The predicted octanol–water partition coefficient (Wildman–Crippen LogP) is 3.10. The zero-order valence-electron chi connectivity index (χ0n) is 14.3. The second-order valence-corrected chi connectivity index (χ2v) is 9.56. The zero-order chi connectivity index (χ0) is 17.2. The van der Waals surface area contributed by atoms with E-state index in [-0.39, 0.29) is 18.1 Å². The van der Waals surface area contributed by atoms with E-state index in [0.717, 1.165) is 29.7 Å². The number of hydrogen-bond donors (Lipinski definition) is 1. The van der Waals surface area contributed by atoms with E-state index in [1.807, 2.05) is 6.92 Å². The first-order chi connectivity index (χ1) is 11.4. The number of carbonyl (C=O) groups excluding carboxylic acids is 1. The molecule has 2 bridgehead atoms. The molecule has 1 aromatic carbocycles. The summed E-state index contributed by atoms with van der Waals surface area (Å²) in [6.07, 6.45) is 6.53. The van der Waals surface area contributed by atoms with Crippen molar-refractivity contribution in [1.29, 1.82) is 0 Å². The lowest BCUT2D eigenvalue weighted by atomic mass is 9.86. The van der Waals surface area contributed by atoms with Crippen LogP contribution in [0.1, 0.15) is 44.1 Å². The van der Waals surface area contributed by atoms with Gasteiger partial charge in [0.2, 0.25) is 5.91 Å². The van der Waals surface area contributed by atoms with Crippen molar-refractivity contribution in [2.45, 2.75) is 50.3 Å². The number of amides is 1. The van der Waals surface area contributed by atoms with Gasteiger partial charge in [-0.05, 0) is 62.5 Å². The topological polar surface area (TPSA) is 63.2 Å². The number of aryl methyl sites for hydroxylation is 1. The van der Waals surface area contributed by atoms with Crippen molar-refractivity contribution in [1.82, 2.24) is 5.32 Å². The minimum Gasteiger partial charge on any atom is -0.356 e. The number of rotatable bonds is 7. The molecule has 1 amide bonds. The van der Waals surface area contributed by atoms with E-state index in [4.69, 9.17) is 0 Å². The highest BCUT2D eigenvalue weighted by molar-refractivity contribution is 7.91. The largest absolute Gasteiger partial charge is 0.356 e. The maximum atomic E-state index is 12.2. The molecule has 24 heavy (non-hydrogen) atoms. The average Bonchev–Trinajstić information content (AvgIpc) is 3.16. The molecule has 1 aromatic rings. The second kappa shape index (κ2) is 7.26. The fourth-order valence-electron chi connectivity index (χ4n) is 4.31. The van der Waals surface area contributed by atoms with Crippen LogP contribution in [-0.2, 0) is 14.6 Å². The van der Waals surface area contributed by atoms with Gasteiger partial charge < -0.3 is 5.32 Å². The smallest absolute Gasteiger partial charge is 0.221 e. The van der Waals surface area contributed by atoms with Crippen molar-refractivity contribution >= 4 is 15.7 Å². The summed E-state index contributed by atoms with van der Waals surface area (Å²) in [6, 6.07) is 6.78. The third-order valence-electron chi connectivity index (χ3n) is 5.70. The van der Waals surface area contributed by atoms with E-state index in [1.165, 1.54) is 25.7 Å². The summed E-state index contributed by atoms with van der Waals surface area (Å²) in [5.74, 6) is 2.27. The lowest BCUT2D eigenvalue weighted by molar-refractivity contribution is -0.120. The Morgan fingerprint density at radius 2 is 1.92 bits per heavy atom. The van der Waals surface area contributed by atoms with Gasteiger partial charge in [-0.2, -0.15) is 0 Å². The van der Waals surface area contributed by atoms with Gasteiger partial charge in [-0.3, -0.25) is 4.79 Å². The van der Waals surface area contributed by atoms with Crippen LogP contribution in [0.15, 0.2) is 29.2 Å². The van der Waals surface area contributed by atoms with E-state index in [9.17, 15) is 13.2 Å². The van der Waals surface area contributed by atoms with Crippen molar-refractivity contribution in [3.05, 3.63) is 29.8 Å². The molecule has 0 aliphatic heterocycles. The number of benzene rings is 1. The van der Waals surface area contributed by atoms with E-state index < -0.39 is 9.84 Å². The Morgan fingerprint density at radius 3 is 2.54 bits per heavy atom. The Kier molecular flexibility index (Phi) is 5.28. The van der Waals surface area contributed by atoms with Crippen LogP contribution in [0.3, 0.4) is 0 Å². The highest BCUT2D eigenvalue weighted by Crippen LogP contribution is 2.49. The highest BCUT2D eigenvalue weighted by atomic mass is 32.2. The monoisotopic (exact) mass is 349 g/mol. The van der Waals surface area contributed by atoms with E-state index in [1.54, 1.807) is 24.3 Å². The molecule has 2 aliphatic rings. The van der Waals surface area contributed by atoms with Gasteiger partial charge >= 0.3 is 0 Å². The van der Waals surface area contributed by atoms with Crippen molar-refractivity contribution in [2.24, 2.45) is 17.8 Å². The fourth-order valence-corrected chi connectivity index (χ4v) is 5.55. The summed E-state index contributed by atoms with van der Waals surface area (Å²) in [5.41, 5.74) is 1.02. The van der Waals surface area contributed by atoms with Gasteiger partial charge in [0.1, 0.15) is 0 Å². The van der Waals surface area contributed by atoms with Crippen LogP contribution in [-0.4, -0.2) is 26.6 Å². The van der Waals surface area contributed by atoms with Crippen LogP contribution in [0.2, 0.25) is 0 Å². The Morgan fingerprint density at radius 1 is 1.17 bits per heavy atom. The molecule has 0 aromatic heterocycles. The Labute approximate surface area is 145 Å². The van der Waals surface area contributed by atoms with Gasteiger partial charge in [0.05, 0.1) is 10.6 Å². The first kappa shape index (κ1) is 17.5. The van der Waals surface area contributed by atoms with Gasteiger partial charge in [0.25, 0.3) is 0 Å². The van der Waals surface area contributed by atoms with Crippen molar-refractivity contribution in [3.63, 3.8) is 0 Å². The first-order valence-electron chi connectivity index (χ1n) is 9.00. The molecule has 0 saturated heterocycles. The van der Waals surface area contributed by atoms with Gasteiger partial charge in [-0.25, -0.2) is 8.42 Å². The molecular formula is C19H27NO3S. The minimum atomic E-state index is -3.38. The minimum absolute atomic E-state index is 0.0347. The van der Waals surface area contributed by atoms with Crippen LogP contribution in [0.25, 0.3) is 0 Å². The normalized spacial score (nSPS) is 25.8. The summed E-state index contributed by atoms with van der Waals surface area (Å²) in [4.78, 5) is 12.2. The van der Waals surface area contributed by atoms with Crippen molar-refractivity contribution in [3.8, 4) is 0 Å². The first-order valence-corrected chi connectivity index (χ1v) is 10.7. The molecule has 5 heteroatoms. The summed E-state index contributed by atoms with van der Waals surface area (Å²) in [6.45, 7) is 2.59. The van der Waals surface area contributed by atoms with Gasteiger partial charge in [-0.1, -0.05) is 24.1 Å². The van der Waals surface area contributed by atoms with Gasteiger partial charge in [0, 0.05) is 13.0 Å². The lowest BCUT2D eigenvalue weighted by Crippen LogP contribution is -2.28.